The smallest absolute Gasteiger partial charge is 0.269 e. The zero-order valence-electron chi connectivity index (χ0n) is 28.4. The first-order chi connectivity index (χ1) is 26.4. The highest BCUT2D eigenvalue weighted by Crippen LogP contribution is 2.38. The molecule has 0 fully saturated rings. The van der Waals surface area contributed by atoms with Crippen molar-refractivity contribution in [2.45, 2.75) is 0 Å². The van der Waals surface area contributed by atoms with Gasteiger partial charge in [-0.2, -0.15) is 0 Å². The Labute approximate surface area is 307 Å². The lowest BCUT2D eigenvalue weighted by molar-refractivity contribution is -0.385. The molecule has 0 atom stereocenters. The van der Waals surface area contributed by atoms with Gasteiger partial charge in [0, 0.05) is 68.6 Å². The van der Waals surface area contributed by atoms with Gasteiger partial charge in [-0.1, -0.05) is 60.7 Å². The van der Waals surface area contributed by atoms with Crippen LogP contribution in [0.5, 0.6) is 0 Å². The van der Waals surface area contributed by atoms with Gasteiger partial charge in [0.1, 0.15) is 0 Å². The number of aromatic amines is 2. The molecule has 0 saturated heterocycles. The Balaban J connectivity index is 1.44. The summed E-state index contributed by atoms with van der Waals surface area (Å²) in [7, 11) is 0. The van der Waals surface area contributed by atoms with Crippen molar-refractivity contribution >= 4 is 57.7 Å². The van der Waals surface area contributed by atoms with Gasteiger partial charge in [0.05, 0.1) is 32.6 Å². The van der Waals surface area contributed by atoms with E-state index >= 15 is 0 Å². The number of benzene rings is 4. The molecule has 4 aromatic carbocycles. The molecule has 0 saturated carbocycles. The zero-order valence-corrected chi connectivity index (χ0v) is 28.4. The van der Waals surface area contributed by atoms with E-state index in [2.05, 4.69) is 9.97 Å². The number of rotatable bonds is 6. The molecule has 2 aliphatic rings. The van der Waals surface area contributed by atoms with Gasteiger partial charge >= 0.3 is 0 Å². The summed E-state index contributed by atoms with van der Waals surface area (Å²) < 4.78 is 0. The second kappa shape index (κ2) is 13.1. The fourth-order valence-corrected chi connectivity index (χ4v) is 7.13. The summed E-state index contributed by atoms with van der Waals surface area (Å²) in [5.74, 6) is 0. The summed E-state index contributed by atoms with van der Waals surface area (Å²) in [4.78, 5) is 40.1. The highest BCUT2D eigenvalue weighted by atomic mass is 16.6. The van der Waals surface area contributed by atoms with E-state index in [1.807, 2.05) is 109 Å². The fourth-order valence-electron chi connectivity index (χ4n) is 7.13. The number of aromatic nitrogens is 4. The molecule has 0 unspecified atom stereocenters. The predicted molar refractivity (Wildman–Crippen MR) is 214 cm³/mol. The first kappa shape index (κ1) is 32.2. The number of nitrogens with one attached hydrogen (secondary N) is 2. The molecule has 5 heterocycles. The van der Waals surface area contributed by atoms with E-state index in [4.69, 9.17) is 9.97 Å². The van der Waals surface area contributed by atoms with Crippen LogP contribution in [0.15, 0.2) is 133 Å². The largest absolute Gasteiger partial charge is 0.354 e. The van der Waals surface area contributed by atoms with Gasteiger partial charge in [0.25, 0.3) is 11.4 Å². The van der Waals surface area contributed by atoms with Crippen LogP contribution in [-0.2, 0) is 0 Å². The lowest BCUT2D eigenvalue weighted by atomic mass is 10.0. The predicted octanol–water partition coefficient (Wildman–Crippen LogP) is 11.1. The highest BCUT2D eigenvalue weighted by molar-refractivity contribution is 5.99. The number of H-pyrrole nitrogens is 2. The zero-order chi connectivity index (χ0) is 36.8. The first-order valence-electron chi connectivity index (χ1n) is 17.2. The van der Waals surface area contributed by atoms with Crippen molar-refractivity contribution in [3.63, 3.8) is 0 Å². The molecular weight excluding hydrogens is 677 g/mol. The topological polar surface area (TPSA) is 144 Å². The number of nitrogens with zero attached hydrogens (tertiary/aromatic N) is 4. The van der Waals surface area contributed by atoms with E-state index in [1.54, 1.807) is 24.3 Å². The maximum absolute atomic E-state index is 11.6. The molecule has 9 rings (SSSR count). The molecule has 10 heteroatoms. The van der Waals surface area contributed by atoms with Crippen LogP contribution < -0.4 is 0 Å². The number of non-ortho nitro benzene ring substituents is 2. The van der Waals surface area contributed by atoms with E-state index in [-0.39, 0.29) is 11.4 Å². The molecule has 0 radical (unpaired) electrons. The molecule has 3 aromatic heterocycles. The second-order valence-electron chi connectivity index (χ2n) is 12.8. The van der Waals surface area contributed by atoms with Gasteiger partial charge in [0.2, 0.25) is 0 Å². The van der Waals surface area contributed by atoms with Gasteiger partial charge in [-0.25, -0.2) is 9.97 Å². The van der Waals surface area contributed by atoms with Crippen molar-refractivity contribution in [3.05, 3.63) is 176 Å². The third-order valence-corrected chi connectivity index (χ3v) is 9.61. The number of fused-ring (bicyclic) bond motifs is 8. The third kappa shape index (κ3) is 5.73. The maximum Gasteiger partial charge on any atom is 0.269 e. The Morgan fingerprint density at radius 1 is 0.370 bits per heavy atom. The summed E-state index contributed by atoms with van der Waals surface area (Å²) in [6.07, 6.45) is 7.91. The molecule has 8 bridgehead atoms. The number of hydrogen-bond donors (Lipinski definition) is 2. The first-order valence-corrected chi connectivity index (χ1v) is 17.2. The summed E-state index contributed by atoms with van der Waals surface area (Å²) >= 11 is 0. The van der Waals surface area contributed by atoms with Crippen molar-refractivity contribution in [2.75, 3.05) is 0 Å². The fraction of sp³-hybridized carbons (Fsp3) is 0. The minimum Gasteiger partial charge on any atom is -0.354 e. The van der Waals surface area contributed by atoms with E-state index in [0.717, 1.165) is 78.0 Å². The molecular formula is C44H28N6O4. The minimum atomic E-state index is -0.405. The normalized spacial score (nSPS) is 11.9. The van der Waals surface area contributed by atoms with Crippen molar-refractivity contribution in [3.8, 4) is 44.5 Å². The van der Waals surface area contributed by atoms with Gasteiger partial charge < -0.3 is 9.97 Å². The molecule has 7 aromatic rings. The molecule has 10 nitrogen and oxygen atoms in total. The van der Waals surface area contributed by atoms with Crippen LogP contribution >= 0.6 is 0 Å². The summed E-state index contributed by atoms with van der Waals surface area (Å²) in [5.41, 5.74) is 12.7. The Kier molecular flexibility index (Phi) is 7.82. The molecule has 2 N–H and O–H groups in total. The van der Waals surface area contributed by atoms with Crippen molar-refractivity contribution in [2.24, 2.45) is 0 Å². The van der Waals surface area contributed by atoms with E-state index in [0.29, 0.717) is 11.4 Å². The van der Waals surface area contributed by atoms with Gasteiger partial charge in [-0.15, -0.1) is 0 Å². The maximum atomic E-state index is 11.6. The molecule has 0 aliphatic carbocycles. The van der Waals surface area contributed by atoms with Crippen molar-refractivity contribution < 1.29 is 9.85 Å². The Bertz CT molecular complexity index is 2660. The number of nitro benzene ring substituents is 2. The average Bonchev–Trinajstić information content (AvgIpc) is 4.04. The van der Waals surface area contributed by atoms with E-state index < -0.39 is 9.85 Å². The van der Waals surface area contributed by atoms with Crippen LogP contribution in [0.2, 0.25) is 0 Å². The number of nitro groups is 2. The molecule has 258 valence electrons. The monoisotopic (exact) mass is 704 g/mol. The van der Waals surface area contributed by atoms with Gasteiger partial charge in [-0.3, -0.25) is 20.2 Å². The third-order valence-electron chi connectivity index (χ3n) is 9.61. The summed E-state index contributed by atoms with van der Waals surface area (Å²) in [5, 5.41) is 23.2. The van der Waals surface area contributed by atoms with E-state index in [9.17, 15) is 20.2 Å². The van der Waals surface area contributed by atoms with Crippen LogP contribution in [-0.4, -0.2) is 29.8 Å². The quantitative estimate of drug-likeness (QED) is 0.130. The summed E-state index contributed by atoms with van der Waals surface area (Å²) in [6, 6.07) is 41.1. The molecule has 2 aliphatic heterocycles. The van der Waals surface area contributed by atoms with Gasteiger partial charge in [-0.05, 0) is 95.1 Å². The molecule has 0 spiro atoms. The SMILES string of the molecule is O=[N+]([O-])c1ccc(-c2c3nc(c(-c4ccccc4)c4ccc([nH]4)c(-c4ccc([N+](=O)[O-])cc4)c4nc(c(-c5ccccc5)c5ccc2[nH]5)C=C4)C=C3)cc1. The van der Waals surface area contributed by atoms with Crippen LogP contribution in [0.4, 0.5) is 11.4 Å². The average molecular weight is 705 g/mol. The van der Waals surface area contributed by atoms with Crippen molar-refractivity contribution in [1.29, 1.82) is 0 Å². The second-order valence-corrected chi connectivity index (χ2v) is 12.8. The lowest BCUT2D eigenvalue weighted by Gasteiger charge is -2.07. The summed E-state index contributed by atoms with van der Waals surface area (Å²) in [6.45, 7) is 0. The molecule has 0 amide bonds. The van der Waals surface area contributed by atoms with Crippen LogP contribution in [0.25, 0.3) is 90.9 Å². The minimum absolute atomic E-state index is 0.000755. The number of hydrogen-bond acceptors (Lipinski definition) is 6. The molecule has 54 heavy (non-hydrogen) atoms. The highest BCUT2D eigenvalue weighted by Gasteiger charge is 2.19. The van der Waals surface area contributed by atoms with Crippen LogP contribution in [0, 0.1) is 20.2 Å². The Morgan fingerprint density at radius 2 is 0.648 bits per heavy atom. The van der Waals surface area contributed by atoms with E-state index in [1.165, 1.54) is 24.3 Å². The van der Waals surface area contributed by atoms with Gasteiger partial charge in [0.15, 0.2) is 0 Å². The standard InChI is InChI=1S/C44H28N6O4/c51-49(52)31-15-11-29(12-16-31)43-37-23-19-33(45-37)41(27-7-3-1-4-8-27)34-20-24-38(46-34)44(30-13-17-32(18-14-30)50(53)54)40-26-22-36(48-40)42(28-9-5-2-6-10-28)35-21-25-39(43)47-35/h1-26,45,48H. The lowest BCUT2D eigenvalue weighted by Crippen LogP contribution is -1.91. The van der Waals surface area contributed by atoms with Crippen LogP contribution in [0.1, 0.15) is 22.8 Å². The van der Waals surface area contributed by atoms with Crippen molar-refractivity contribution in [1.82, 2.24) is 19.9 Å². The Hall–Kier alpha value is -7.72. The van der Waals surface area contributed by atoms with Crippen LogP contribution in [0.3, 0.4) is 0 Å². The Morgan fingerprint density at radius 3 is 0.926 bits per heavy atom.